The molecule has 1 atom stereocenters. The van der Waals surface area contributed by atoms with Crippen LogP contribution in [-0.4, -0.2) is 46.3 Å². The Morgan fingerprint density at radius 1 is 1.29 bits per heavy atom. The van der Waals surface area contributed by atoms with Gasteiger partial charge in [-0.05, 0) is 36.6 Å². The van der Waals surface area contributed by atoms with Crippen molar-refractivity contribution in [1.82, 2.24) is 19.4 Å². The first kappa shape index (κ1) is 19.0. The molecule has 0 radical (unpaired) electrons. The van der Waals surface area contributed by atoms with E-state index in [1.54, 1.807) is 20.3 Å². The standard InChI is InChI=1S/C21H28N4O3/c1-23-13-17(20(26)24(2)21(23)27)14-25(18-5-8-22-12-18)9-6-15-3-4-19-16(11-15)7-10-28-19/h3-4,11,13,18,22H,5-10,12,14H2,1-2H3. The van der Waals surface area contributed by atoms with Gasteiger partial charge >= 0.3 is 5.69 Å². The van der Waals surface area contributed by atoms with Crippen LogP contribution < -0.4 is 21.3 Å². The number of hydrogen-bond donors (Lipinski definition) is 1. The van der Waals surface area contributed by atoms with Crippen LogP contribution in [0, 0.1) is 0 Å². The second-order valence-electron chi connectivity index (χ2n) is 7.82. The normalized spacial score (nSPS) is 18.5. The Labute approximate surface area is 164 Å². The number of ether oxygens (including phenoxy) is 1. The van der Waals surface area contributed by atoms with Crippen LogP contribution in [0.1, 0.15) is 23.1 Å². The number of fused-ring (bicyclic) bond motifs is 1. The van der Waals surface area contributed by atoms with E-state index in [0.717, 1.165) is 51.3 Å². The molecular weight excluding hydrogens is 356 g/mol. The van der Waals surface area contributed by atoms with Crippen LogP contribution in [0.25, 0.3) is 0 Å². The molecule has 2 aliphatic heterocycles. The zero-order valence-electron chi connectivity index (χ0n) is 16.6. The molecule has 7 nitrogen and oxygen atoms in total. The number of nitrogens with one attached hydrogen (secondary N) is 1. The van der Waals surface area contributed by atoms with E-state index in [1.165, 1.54) is 20.3 Å². The maximum absolute atomic E-state index is 12.6. The summed E-state index contributed by atoms with van der Waals surface area (Å²) >= 11 is 0. The van der Waals surface area contributed by atoms with Crippen LogP contribution in [0.3, 0.4) is 0 Å². The molecule has 4 rings (SSSR count). The first-order chi connectivity index (χ1) is 13.5. The lowest BCUT2D eigenvalue weighted by Gasteiger charge is -2.28. The second-order valence-corrected chi connectivity index (χ2v) is 7.82. The van der Waals surface area contributed by atoms with E-state index in [0.29, 0.717) is 18.2 Å². The van der Waals surface area contributed by atoms with Crippen molar-refractivity contribution in [3.63, 3.8) is 0 Å². The van der Waals surface area contributed by atoms with Gasteiger partial charge in [0.1, 0.15) is 5.75 Å². The topological polar surface area (TPSA) is 68.5 Å². The number of benzene rings is 1. The minimum atomic E-state index is -0.289. The Balaban J connectivity index is 1.53. The van der Waals surface area contributed by atoms with E-state index < -0.39 is 0 Å². The predicted molar refractivity (Wildman–Crippen MR) is 108 cm³/mol. The third kappa shape index (κ3) is 3.77. The fraction of sp³-hybridized carbons (Fsp3) is 0.524. The van der Waals surface area contributed by atoms with Crippen molar-refractivity contribution in [1.29, 1.82) is 0 Å². The Morgan fingerprint density at radius 3 is 2.93 bits per heavy atom. The van der Waals surface area contributed by atoms with Gasteiger partial charge in [-0.15, -0.1) is 0 Å². The molecule has 1 saturated heterocycles. The van der Waals surface area contributed by atoms with Crippen LogP contribution >= 0.6 is 0 Å². The molecule has 0 spiro atoms. The smallest absolute Gasteiger partial charge is 0.330 e. The highest BCUT2D eigenvalue weighted by molar-refractivity contribution is 5.39. The van der Waals surface area contributed by atoms with Gasteiger partial charge in [0.2, 0.25) is 0 Å². The monoisotopic (exact) mass is 384 g/mol. The van der Waals surface area contributed by atoms with Gasteiger partial charge in [0.15, 0.2) is 0 Å². The van der Waals surface area contributed by atoms with Gasteiger partial charge in [0.05, 0.1) is 6.61 Å². The summed E-state index contributed by atoms with van der Waals surface area (Å²) in [6.07, 6.45) is 4.67. The van der Waals surface area contributed by atoms with Crippen molar-refractivity contribution in [2.45, 2.75) is 31.8 Å². The van der Waals surface area contributed by atoms with Crippen LogP contribution in [-0.2, 0) is 33.5 Å². The molecule has 1 aromatic heterocycles. The molecule has 150 valence electrons. The van der Waals surface area contributed by atoms with Gasteiger partial charge in [-0.1, -0.05) is 12.1 Å². The minimum absolute atomic E-state index is 0.200. The molecule has 1 fully saturated rings. The summed E-state index contributed by atoms with van der Waals surface area (Å²) in [7, 11) is 3.24. The van der Waals surface area contributed by atoms with Crippen molar-refractivity contribution >= 4 is 0 Å². The molecule has 1 aromatic carbocycles. The highest BCUT2D eigenvalue weighted by atomic mass is 16.5. The third-order valence-electron chi connectivity index (χ3n) is 5.88. The molecule has 3 heterocycles. The van der Waals surface area contributed by atoms with Crippen molar-refractivity contribution < 1.29 is 4.74 Å². The Hall–Kier alpha value is -2.38. The van der Waals surface area contributed by atoms with Crippen molar-refractivity contribution in [3.05, 3.63) is 61.9 Å². The van der Waals surface area contributed by atoms with E-state index in [9.17, 15) is 9.59 Å². The SMILES string of the molecule is Cn1cc(CN(CCc2ccc3c(c2)CCO3)C2CCNC2)c(=O)n(C)c1=O. The number of aryl methyl sites for hydroxylation is 1. The van der Waals surface area contributed by atoms with E-state index >= 15 is 0 Å². The van der Waals surface area contributed by atoms with E-state index in [1.807, 2.05) is 0 Å². The van der Waals surface area contributed by atoms with Crippen LogP contribution in [0.15, 0.2) is 34.0 Å². The van der Waals surface area contributed by atoms with Crippen molar-refractivity contribution in [2.24, 2.45) is 14.1 Å². The number of hydrogen-bond acceptors (Lipinski definition) is 5. The summed E-state index contributed by atoms with van der Waals surface area (Å²) in [5.74, 6) is 1.01. The van der Waals surface area contributed by atoms with Crippen LogP contribution in [0.4, 0.5) is 0 Å². The summed E-state index contributed by atoms with van der Waals surface area (Å²) < 4.78 is 8.28. The van der Waals surface area contributed by atoms with Gasteiger partial charge < -0.3 is 14.6 Å². The maximum atomic E-state index is 12.6. The molecule has 2 aromatic rings. The van der Waals surface area contributed by atoms with Gasteiger partial charge in [-0.2, -0.15) is 0 Å². The minimum Gasteiger partial charge on any atom is -0.493 e. The largest absolute Gasteiger partial charge is 0.493 e. The molecule has 2 aliphatic rings. The Kier molecular flexibility index (Phi) is 5.37. The molecule has 0 aliphatic carbocycles. The van der Waals surface area contributed by atoms with Gasteiger partial charge in [0.25, 0.3) is 5.56 Å². The second kappa shape index (κ2) is 7.93. The van der Waals surface area contributed by atoms with Crippen LogP contribution in [0.5, 0.6) is 5.75 Å². The summed E-state index contributed by atoms with van der Waals surface area (Å²) in [6, 6.07) is 6.86. The fourth-order valence-corrected chi connectivity index (χ4v) is 4.22. The summed E-state index contributed by atoms with van der Waals surface area (Å²) in [5.41, 5.74) is 2.77. The zero-order chi connectivity index (χ0) is 19.7. The molecule has 0 saturated carbocycles. The fourth-order valence-electron chi connectivity index (χ4n) is 4.22. The number of aromatic nitrogens is 2. The first-order valence-corrected chi connectivity index (χ1v) is 9.98. The summed E-state index contributed by atoms with van der Waals surface area (Å²) in [4.78, 5) is 26.9. The molecule has 0 amide bonds. The van der Waals surface area contributed by atoms with Crippen LogP contribution in [0.2, 0.25) is 0 Å². The molecular formula is C21H28N4O3. The quantitative estimate of drug-likeness (QED) is 0.782. The van der Waals surface area contributed by atoms with Crippen molar-refractivity contribution in [2.75, 3.05) is 26.2 Å². The lowest BCUT2D eigenvalue weighted by atomic mass is 10.1. The zero-order valence-corrected chi connectivity index (χ0v) is 16.6. The predicted octanol–water partition coefficient (Wildman–Crippen LogP) is 0.426. The number of rotatable bonds is 6. The van der Waals surface area contributed by atoms with Gasteiger partial charge in [-0.3, -0.25) is 14.3 Å². The van der Waals surface area contributed by atoms with E-state index in [4.69, 9.17) is 4.74 Å². The van der Waals surface area contributed by atoms with Gasteiger partial charge in [0, 0.05) is 58.0 Å². The average Bonchev–Trinajstić information content (AvgIpc) is 3.38. The van der Waals surface area contributed by atoms with E-state index in [2.05, 4.69) is 28.4 Å². The van der Waals surface area contributed by atoms with E-state index in [-0.39, 0.29) is 11.2 Å². The highest BCUT2D eigenvalue weighted by Gasteiger charge is 2.24. The third-order valence-corrected chi connectivity index (χ3v) is 5.88. The van der Waals surface area contributed by atoms with Crippen molar-refractivity contribution in [3.8, 4) is 5.75 Å². The Bertz CT molecular complexity index is 973. The lowest BCUT2D eigenvalue weighted by molar-refractivity contribution is 0.200. The molecule has 7 heteroatoms. The first-order valence-electron chi connectivity index (χ1n) is 9.98. The maximum Gasteiger partial charge on any atom is 0.330 e. The molecule has 28 heavy (non-hydrogen) atoms. The molecule has 1 N–H and O–H groups in total. The molecule has 1 unspecified atom stereocenters. The lowest BCUT2D eigenvalue weighted by Crippen LogP contribution is -2.43. The summed E-state index contributed by atoms with van der Waals surface area (Å²) in [6.45, 7) is 4.14. The number of nitrogens with zero attached hydrogens (tertiary/aromatic N) is 3. The average molecular weight is 384 g/mol. The molecule has 0 bridgehead atoms. The van der Waals surface area contributed by atoms with Gasteiger partial charge in [-0.25, -0.2) is 4.79 Å². The Morgan fingerprint density at radius 2 is 2.14 bits per heavy atom. The summed E-state index contributed by atoms with van der Waals surface area (Å²) in [5, 5.41) is 3.42. The highest BCUT2D eigenvalue weighted by Crippen LogP contribution is 2.26.